The van der Waals surface area contributed by atoms with Crippen molar-refractivity contribution in [3.05, 3.63) is 29.7 Å². The van der Waals surface area contributed by atoms with Crippen LogP contribution in [-0.4, -0.2) is 4.98 Å². The van der Waals surface area contributed by atoms with Crippen LogP contribution in [0.1, 0.15) is 19.5 Å². The summed E-state index contributed by atoms with van der Waals surface area (Å²) in [7, 11) is 0. The smallest absolute Gasteiger partial charge is 0.126 e. The van der Waals surface area contributed by atoms with Crippen LogP contribution in [0.2, 0.25) is 0 Å². The molecular weight excluding hydrogens is 196 g/mol. The molecule has 0 saturated carbocycles. The van der Waals surface area contributed by atoms with Gasteiger partial charge in [0, 0.05) is 10.9 Å². The van der Waals surface area contributed by atoms with E-state index in [1.54, 1.807) is 23.9 Å². The van der Waals surface area contributed by atoms with Crippen LogP contribution < -0.4 is 5.73 Å². The van der Waals surface area contributed by atoms with Crippen LogP contribution in [-0.2, 0) is 5.54 Å². The third kappa shape index (κ3) is 1.71. The summed E-state index contributed by atoms with van der Waals surface area (Å²) in [5, 5.41) is 2.94. The van der Waals surface area contributed by atoms with Crippen LogP contribution in [0.4, 0.5) is 0 Å². The molecule has 0 aliphatic rings. The van der Waals surface area contributed by atoms with Crippen molar-refractivity contribution in [1.82, 2.24) is 4.98 Å². The van der Waals surface area contributed by atoms with E-state index in [0.717, 1.165) is 16.3 Å². The minimum absolute atomic E-state index is 0.377. The zero-order valence-corrected chi connectivity index (χ0v) is 8.97. The van der Waals surface area contributed by atoms with E-state index in [1.165, 1.54) is 0 Å². The molecule has 74 valence electrons. The second kappa shape index (κ2) is 3.22. The van der Waals surface area contributed by atoms with E-state index in [2.05, 4.69) is 4.98 Å². The molecule has 0 spiro atoms. The van der Waals surface area contributed by atoms with Gasteiger partial charge in [-0.3, -0.25) is 0 Å². The van der Waals surface area contributed by atoms with Gasteiger partial charge in [-0.15, -0.1) is 11.3 Å². The fourth-order valence-corrected chi connectivity index (χ4v) is 2.07. The highest BCUT2D eigenvalue weighted by atomic mass is 32.1. The molecule has 14 heavy (non-hydrogen) atoms. The topological polar surface area (TPSA) is 52.0 Å². The van der Waals surface area contributed by atoms with Gasteiger partial charge in [-0.1, -0.05) is 0 Å². The summed E-state index contributed by atoms with van der Waals surface area (Å²) in [6.07, 6.45) is 3.33. The first-order valence-corrected chi connectivity index (χ1v) is 5.23. The Hall–Kier alpha value is -1.13. The van der Waals surface area contributed by atoms with Crippen molar-refractivity contribution in [3.63, 3.8) is 0 Å². The van der Waals surface area contributed by atoms with E-state index in [4.69, 9.17) is 10.2 Å². The highest BCUT2D eigenvalue weighted by Crippen LogP contribution is 2.27. The molecule has 0 aliphatic heterocycles. The van der Waals surface area contributed by atoms with Gasteiger partial charge in [0.2, 0.25) is 0 Å². The molecular formula is C10H12N2OS. The third-order valence-electron chi connectivity index (χ3n) is 1.93. The number of aromatic nitrogens is 1. The standard InChI is InChI=1S/C10H12N2OS/c1-10(2,11)8-6-14-9(12-8)7-3-4-13-5-7/h3-6H,11H2,1-2H3. The number of thiazole rings is 1. The lowest BCUT2D eigenvalue weighted by Gasteiger charge is -2.14. The zero-order valence-electron chi connectivity index (χ0n) is 8.15. The van der Waals surface area contributed by atoms with E-state index < -0.39 is 0 Å². The van der Waals surface area contributed by atoms with Crippen molar-refractivity contribution in [1.29, 1.82) is 0 Å². The molecule has 4 heteroatoms. The highest BCUT2D eigenvalue weighted by Gasteiger charge is 2.18. The Morgan fingerprint density at radius 3 is 2.79 bits per heavy atom. The van der Waals surface area contributed by atoms with E-state index in [1.807, 2.05) is 25.3 Å². The summed E-state index contributed by atoms with van der Waals surface area (Å²) in [4.78, 5) is 4.46. The fraction of sp³-hybridized carbons (Fsp3) is 0.300. The van der Waals surface area contributed by atoms with Crippen LogP contribution in [0.3, 0.4) is 0 Å². The molecule has 0 aromatic carbocycles. The lowest BCUT2D eigenvalue weighted by atomic mass is 10.0. The molecule has 2 aromatic heterocycles. The van der Waals surface area contributed by atoms with Gasteiger partial charge in [0.05, 0.1) is 17.5 Å². The Bertz CT molecular complexity index is 412. The third-order valence-corrected chi connectivity index (χ3v) is 2.82. The van der Waals surface area contributed by atoms with Crippen LogP contribution in [0.25, 0.3) is 10.6 Å². The predicted molar refractivity (Wildman–Crippen MR) is 57.0 cm³/mol. The molecule has 2 N–H and O–H groups in total. The maximum absolute atomic E-state index is 5.94. The molecule has 0 atom stereocenters. The zero-order chi connectivity index (χ0) is 10.2. The molecule has 0 aliphatic carbocycles. The maximum atomic E-state index is 5.94. The Morgan fingerprint density at radius 2 is 2.29 bits per heavy atom. The van der Waals surface area contributed by atoms with Gasteiger partial charge in [0.1, 0.15) is 11.3 Å². The van der Waals surface area contributed by atoms with Crippen molar-refractivity contribution in [2.75, 3.05) is 0 Å². The molecule has 0 radical (unpaired) electrons. The van der Waals surface area contributed by atoms with Crippen molar-refractivity contribution < 1.29 is 4.42 Å². The number of hydrogen-bond acceptors (Lipinski definition) is 4. The maximum Gasteiger partial charge on any atom is 0.126 e. The monoisotopic (exact) mass is 208 g/mol. The van der Waals surface area contributed by atoms with Gasteiger partial charge in [0.25, 0.3) is 0 Å². The first-order valence-electron chi connectivity index (χ1n) is 4.35. The Morgan fingerprint density at radius 1 is 1.50 bits per heavy atom. The summed E-state index contributed by atoms with van der Waals surface area (Å²) in [5.41, 5.74) is 7.49. The molecule has 0 amide bonds. The number of nitrogens with zero attached hydrogens (tertiary/aromatic N) is 1. The summed E-state index contributed by atoms with van der Waals surface area (Å²) >= 11 is 1.58. The van der Waals surface area contributed by atoms with Crippen molar-refractivity contribution in [2.45, 2.75) is 19.4 Å². The number of hydrogen-bond donors (Lipinski definition) is 1. The lowest BCUT2D eigenvalue weighted by molar-refractivity contribution is 0.539. The predicted octanol–water partition coefficient (Wildman–Crippen LogP) is 2.60. The van der Waals surface area contributed by atoms with E-state index in [9.17, 15) is 0 Å². The molecule has 3 nitrogen and oxygen atoms in total. The van der Waals surface area contributed by atoms with Gasteiger partial charge >= 0.3 is 0 Å². The quantitative estimate of drug-likeness (QED) is 0.825. The Kier molecular flexibility index (Phi) is 2.17. The second-order valence-electron chi connectivity index (χ2n) is 3.77. The van der Waals surface area contributed by atoms with Crippen LogP contribution >= 0.6 is 11.3 Å². The van der Waals surface area contributed by atoms with Crippen molar-refractivity contribution >= 4 is 11.3 Å². The minimum atomic E-state index is -0.377. The lowest BCUT2D eigenvalue weighted by Crippen LogP contribution is -2.28. The van der Waals surface area contributed by atoms with E-state index in [0.29, 0.717) is 0 Å². The normalized spacial score (nSPS) is 11.9. The van der Waals surface area contributed by atoms with Gasteiger partial charge in [0.15, 0.2) is 0 Å². The molecule has 0 saturated heterocycles. The van der Waals surface area contributed by atoms with E-state index >= 15 is 0 Å². The van der Waals surface area contributed by atoms with Gasteiger partial charge in [-0.25, -0.2) is 4.98 Å². The summed E-state index contributed by atoms with van der Waals surface area (Å²) in [5.74, 6) is 0. The molecule has 0 fully saturated rings. The van der Waals surface area contributed by atoms with Gasteiger partial charge < -0.3 is 10.2 Å². The Labute approximate surface area is 86.6 Å². The average molecular weight is 208 g/mol. The fourth-order valence-electron chi connectivity index (χ4n) is 1.09. The van der Waals surface area contributed by atoms with Gasteiger partial charge in [-0.05, 0) is 19.9 Å². The van der Waals surface area contributed by atoms with Crippen LogP contribution in [0.15, 0.2) is 28.4 Å². The second-order valence-corrected chi connectivity index (χ2v) is 4.63. The van der Waals surface area contributed by atoms with Crippen LogP contribution in [0.5, 0.6) is 0 Å². The SMILES string of the molecule is CC(C)(N)c1csc(-c2ccoc2)n1. The summed E-state index contributed by atoms with van der Waals surface area (Å²) in [6.45, 7) is 3.89. The largest absolute Gasteiger partial charge is 0.472 e. The molecule has 2 aromatic rings. The highest BCUT2D eigenvalue weighted by molar-refractivity contribution is 7.13. The van der Waals surface area contributed by atoms with E-state index in [-0.39, 0.29) is 5.54 Å². The Balaban J connectivity index is 2.36. The minimum Gasteiger partial charge on any atom is -0.472 e. The number of rotatable bonds is 2. The summed E-state index contributed by atoms with van der Waals surface area (Å²) < 4.78 is 5.00. The van der Waals surface area contributed by atoms with Crippen LogP contribution in [0, 0.1) is 0 Å². The number of nitrogens with two attached hydrogens (primary N) is 1. The molecule has 2 heterocycles. The first-order chi connectivity index (χ1) is 6.57. The average Bonchev–Trinajstić information content (AvgIpc) is 2.73. The molecule has 2 rings (SSSR count). The first kappa shape index (κ1) is 9.43. The molecule has 0 bridgehead atoms. The van der Waals surface area contributed by atoms with Gasteiger partial charge in [-0.2, -0.15) is 0 Å². The summed E-state index contributed by atoms with van der Waals surface area (Å²) in [6, 6.07) is 1.89. The number of furan rings is 1. The molecule has 0 unspecified atom stereocenters. The van der Waals surface area contributed by atoms with Crippen molar-refractivity contribution in [2.24, 2.45) is 5.73 Å². The van der Waals surface area contributed by atoms with Crippen molar-refractivity contribution in [3.8, 4) is 10.6 Å².